The average Bonchev–Trinajstić information content (AvgIpc) is 2.76. The maximum Gasteiger partial charge on any atom is 0.145 e. The highest BCUT2D eigenvalue weighted by Crippen LogP contribution is 2.29. The van der Waals surface area contributed by atoms with Crippen molar-refractivity contribution in [3.63, 3.8) is 0 Å². The molecule has 0 amide bonds. The van der Waals surface area contributed by atoms with Crippen LogP contribution in [0.5, 0.6) is 5.75 Å². The Labute approximate surface area is 99.7 Å². The third kappa shape index (κ3) is 2.47. The van der Waals surface area contributed by atoms with Crippen molar-refractivity contribution in [2.24, 2.45) is 5.92 Å². The van der Waals surface area contributed by atoms with Crippen LogP contribution in [0.4, 0.5) is 4.39 Å². The van der Waals surface area contributed by atoms with Crippen LogP contribution in [0.3, 0.4) is 0 Å². The predicted molar refractivity (Wildman–Crippen MR) is 62.6 cm³/mol. The smallest absolute Gasteiger partial charge is 0.145 e. The van der Waals surface area contributed by atoms with Crippen molar-refractivity contribution in [3.8, 4) is 5.75 Å². The predicted octanol–water partition coefficient (Wildman–Crippen LogP) is 2.64. The van der Waals surface area contributed by atoms with Crippen LogP contribution in [0.25, 0.3) is 0 Å². The SMILES string of the molecule is COc1cc(F)c(Cl)cc1CC1CCNC1. The molecule has 1 atom stereocenters. The van der Waals surface area contributed by atoms with Crippen LogP contribution in [0.1, 0.15) is 12.0 Å². The summed E-state index contributed by atoms with van der Waals surface area (Å²) >= 11 is 5.78. The van der Waals surface area contributed by atoms with Crippen LogP contribution in [0.15, 0.2) is 12.1 Å². The Hall–Kier alpha value is -0.800. The standard InChI is InChI=1S/C12H15ClFNO/c1-16-12-6-11(14)10(13)5-9(12)4-8-2-3-15-7-8/h5-6,8,15H,2-4,7H2,1H3. The summed E-state index contributed by atoms with van der Waals surface area (Å²) in [6.45, 7) is 2.07. The summed E-state index contributed by atoms with van der Waals surface area (Å²) in [4.78, 5) is 0. The fraction of sp³-hybridized carbons (Fsp3) is 0.500. The van der Waals surface area contributed by atoms with Gasteiger partial charge in [0, 0.05) is 6.07 Å². The third-order valence-corrected chi connectivity index (χ3v) is 3.28. The summed E-state index contributed by atoms with van der Waals surface area (Å²) in [5.41, 5.74) is 0.989. The van der Waals surface area contributed by atoms with E-state index in [-0.39, 0.29) is 5.02 Å². The molecule has 1 heterocycles. The highest BCUT2D eigenvalue weighted by Gasteiger charge is 2.18. The second kappa shape index (κ2) is 5.02. The van der Waals surface area contributed by atoms with Gasteiger partial charge in [0.15, 0.2) is 0 Å². The molecule has 2 nitrogen and oxygen atoms in total. The minimum Gasteiger partial charge on any atom is -0.496 e. The van der Waals surface area contributed by atoms with Crippen molar-refractivity contribution in [2.45, 2.75) is 12.8 Å². The van der Waals surface area contributed by atoms with Gasteiger partial charge in [0.05, 0.1) is 12.1 Å². The Morgan fingerprint density at radius 2 is 2.38 bits per heavy atom. The van der Waals surface area contributed by atoms with Gasteiger partial charge in [0.2, 0.25) is 0 Å². The van der Waals surface area contributed by atoms with Gasteiger partial charge < -0.3 is 10.1 Å². The lowest BCUT2D eigenvalue weighted by molar-refractivity contribution is 0.402. The number of ether oxygens (including phenoxy) is 1. The minimum atomic E-state index is -0.424. The van der Waals surface area contributed by atoms with E-state index in [0.29, 0.717) is 11.7 Å². The third-order valence-electron chi connectivity index (χ3n) is 2.99. The van der Waals surface area contributed by atoms with E-state index in [1.54, 1.807) is 13.2 Å². The van der Waals surface area contributed by atoms with Gasteiger partial charge in [0.25, 0.3) is 0 Å². The molecule has 1 unspecified atom stereocenters. The zero-order valence-electron chi connectivity index (χ0n) is 9.22. The van der Waals surface area contributed by atoms with Crippen LogP contribution in [0, 0.1) is 11.7 Å². The Morgan fingerprint density at radius 3 is 3.00 bits per heavy atom. The number of rotatable bonds is 3. The first-order valence-electron chi connectivity index (χ1n) is 5.43. The van der Waals surface area contributed by atoms with Crippen LogP contribution in [-0.2, 0) is 6.42 Å². The van der Waals surface area contributed by atoms with Gasteiger partial charge in [-0.15, -0.1) is 0 Å². The molecule has 88 valence electrons. The number of methoxy groups -OCH3 is 1. The summed E-state index contributed by atoms with van der Waals surface area (Å²) in [5.74, 6) is 0.760. The normalized spacial score (nSPS) is 20.1. The van der Waals surface area contributed by atoms with Crippen molar-refractivity contribution in [2.75, 3.05) is 20.2 Å². The van der Waals surface area contributed by atoms with Gasteiger partial charge in [-0.25, -0.2) is 4.39 Å². The van der Waals surface area contributed by atoms with E-state index < -0.39 is 5.82 Å². The highest BCUT2D eigenvalue weighted by atomic mass is 35.5. The molecule has 2 rings (SSSR count). The van der Waals surface area contributed by atoms with E-state index in [2.05, 4.69) is 5.32 Å². The average molecular weight is 244 g/mol. The number of benzene rings is 1. The van der Waals surface area contributed by atoms with Crippen molar-refractivity contribution in [1.29, 1.82) is 0 Å². The largest absolute Gasteiger partial charge is 0.496 e. The van der Waals surface area contributed by atoms with Crippen molar-refractivity contribution in [1.82, 2.24) is 5.32 Å². The molecular weight excluding hydrogens is 229 g/mol. The van der Waals surface area contributed by atoms with Crippen LogP contribution >= 0.6 is 11.6 Å². The molecule has 0 aromatic heterocycles. The fourth-order valence-electron chi connectivity index (χ4n) is 2.12. The summed E-state index contributed by atoms with van der Waals surface area (Å²) in [6.07, 6.45) is 2.04. The van der Waals surface area contributed by atoms with E-state index in [1.165, 1.54) is 6.07 Å². The zero-order chi connectivity index (χ0) is 11.5. The van der Waals surface area contributed by atoms with E-state index in [9.17, 15) is 4.39 Å². The lowest BCUT2D eigenvalue weighted by Gasteiger charge is -2.13. The molecule has 1 aromatic carbocycles. The first kappa shape index (κ1) is 11.7. The number of hydrogen-bond acceptors (Lipinski definition) is 2. The maximum absolute atomic E-state index is 13.2. The van der Waals surface area contributed by atoms with Crippen LogP contribution in [-0.4, -0.2) is 20.2 Å². The number of halogens is 2. The van der Waals surface area contributed by atoms with E-state index >= 15 is 0 Å². The molecule has 0 aliphatic carbocycles. The van der Waals surface area contributed by atoms with E-state index in [4.69, 9.17) is 16.3 Å². The van der Waals surface area contributed by atoms with Crippen molar-refractivity contribution < 1.29 is 9.13 Å². The number of hydrogen-bond donors (Lipinski definition) is 1. The van der Waals surface area contributed by atoms with Crippen molar-refractivity contribution in [3.05, 3.63) is 28.5 Å². The monoisotopic (exact) mass is 243 g/mol. The Balaban J connectivity index is 2.20. The van der Waals surface area contributed by atoms with Gasteiger partial charge in [-0.3, -0.25) is 0 Å². The quantitative estimate of drug-likeness (QED) is 0.881. The first-order valence-corrected chi connectivity index (χ1v) is 5.81. The summed E-state index contributed by atoms with van der Waals surface area (Å²) < 4.78 is 18.4. The van der Waals surface area contributed by atoms with Gasteiger partial charge in [0.1, 0.15) is 11.6 Å². The van der Waals surface area contributed by atoms with Crippen molar-refractivity contribution >= 4 is 11.6 Å². The van der Waals surface area contributed by atoms with Crippen LogP contribution < -0.4 is 10.1 Å². The molecule has 4 heteroatoms. The molecule has 0 saturated carbocycles. The molecule has 16 heavy (non-hydrogen) atoms. The molecule has 1 fully saturated rings. The summed E-state index contributed by atoms with van der Waals surface area (Å²) in [5, 5.41) is 3.48. The molecule has 1 aromatic rings. The maximum atomic E-state index is 13.2. The Morgan fingerprint density at radius 1 is 1.56 bits per heavy atom. The van der Waals surface area contributed by atoms with Gasteiger partial charge in [-0.2, -0.15) is 0 Å². The van der Waals surface area contributed by atoms with Crippen LogP contribution in [0.2, 0.25) is 5.02 Å². The van der Waals surface area contributed by atoms with E-state index in [0.717, 1.165) is 31.5 Å². The summed E-state index contributed by atoms with van der Waals surface area (Å²) in [6, 6.07) is 3.04. The molecule has 0 spiro atoms. The highest BCUT2D eigenvalue weighted by molar-refractivity contribution is 6.30. The van der Waals surface area contributed by atoms with Gasteiger partial charge in [-0.05, 0) is 43.5 Å². The molecule has 1 aliphatic rings. The topological polar surface area (TPSA) is 21.3 Å². The first-order chi connectivity index (χ1) is 7.70. The van der Waals surface area contributed by atoms with Gasteiger partial charge >= 0.3 is 0 Å². The zero-order valence-corrected chi connectivity index (χ0v) is 9.98. The lowest BCUT2D eigenvalue weighted by atomic mass is 9.98. The molecule has 1 aliphatic heterocycles. The minimum absolute atomic E-state index is 0.168. The summed E-state index contributed by atoms with van der Waals surface area (Å²) in [7, 11) is 1.55. The number of nitrogens with one attached hydrogen (secondary N) is 1. The Bertz CT molecular complexity index is 378. The van der Waals surface area contributed by atoms with Gasteiger partial charge in [-0.1, -0.05) is 11.6 Å². The second-order valence-electron chi connectivity index (χ2n) is 4.14. The van der Waals surface area contributed by atoms with E-state index in [1.807, 2.05) is 0 Å². The molecule has 0 bridgehead atoms. The molecule has 1 saturated heterocycles. The molecule has 1 N–H and O–H groups in total. The molecule has 0 radical (unpaired) electrons. The molecular formula is C12H15ClFNO. The lowest BCUT2D eigenvalue weighted by Crippen LogP contribution is -2.11. The Kier molecular flexibility index (Phi) is 3.66. The fourth-order valence-corrected chi connectivity index (χ4v) is 2.31. The second-order valence-corrected chi connectivity index (χ2v) is 4.55.